The molecule has 0 saturated carbocycles. The highest BCUT2D eigenvalue weighted by Crippen LogP contribution is 2.22. The maximum Gasteiger partial charge on any atom is 0.339 e. The lowest BCUT2D eigenvalue weighted by atomic mass is 10.1. The van der Waals surface area contributed by atoms with Crippen LogP contribution in [0.2, 0.25) is 0 Å². The summed E-state index contributed by atoms with van der Waals surface area (Å²) >= 11 is 3.19. The van der Waals surface area contributed by atoms with Crippen LogP contribution in [0.25, 0.3) is 0 Å². The van der Waals surface area contributed by atoms with Crippen LogP contribution in [-0.2, 0) is 14.8 Å². The number of hydrogen-bond acceptors (Lipinski definition) is 4. The van der Waals surface area contributed by atoms with Crippen LogP contribution in [0.3, 0.4) is 0 Å². The highest BCUT2D eigenvalue weighted by Gasteiger charge is 2.19. The molecule has 0 bridgehead atoms. The van der Waals surface area contributed by atoms with Gasteiger partial charge in [0.05, 0.1) is 10.5 Å². The van der Waals surface area contributed by atoms with Crippen LogP contribution < -0.4 is 5.14 Å². The number of sulfonamides is 1. The molecule has 1 aromatic carbocycles. The summed E-state index contributed by atoms with van der Waals surface area (Å²) in [6, 6.07) is 3.98. The molecule has 0 radical (unpaired) electrons. The van der Waals surface area contributed by atoms with E-state index in [4.69, 9.17) is 9.88 Å². The second-order valence-corrected chi connectivity index (χ2v) is 6.96. The Labute approximate surface area is 121 Å². The number of halogens is 1. The summed E-state index contributed by atoms with van der Waals surface area (Å²) in [6.45, 7) is 5.63. The molecule has 106 valence electrons. The number of esters is 1. The second-order valence-electron chi connectivity index (χ2n) is 4.54. The minimum absolute atomic E-state index is 0.125. The van der Waals surface area contributed by atoms with Crippen molar-refractivity contribution in [2.45, 2.75) is 31.8 Å². The molecule has 2 N–H and O–H groups in total. The van der Waals surface area contributed by atoms with Gasteiger partial charge in [0.25, 0.3) is 0 Å². The maximum absolute atomic E-state index is 12.0. The van der Waals surface area contributed by atoms with Gasteiger partial charge in [0.15, 0.2) is 0 Å². The first-order chi connectivity index (χ1) is 8.62. The van der Waals surface area contributed by atoms with E-state index in [0.717, 1.165) is 0 Å². The van der Waals surface area contributed by atoms with Gasteiger partial charge in [-0.25, -0.2) is 18.4 Å². The van der Waals surface area contributed by atoms with Crippen molar-refractivity contribution in [1.82, 2.24) is 0 Å². The minimum Gasteiger partial charge on any atom is -0.459 e. The van der Waals surface area contributed by atoms with Crippen molar-refractivity contribution in [1.29, 1.82) is 0 Å². The van der Waals surface area contributed by atoms with Gasteiger partial charge in [0.2, 0.25) is 10.0 Å². The SMILES string of the molecule is CC(C)C(C)OC(=O)c1cc(S(N)(=O)=O)ccc1Br. The molecule has 0 amide bonds. The average molecular weight is 350 g/mol. The summed E-state index contributed by atoms with van der Waals surface area (Å²) in [5.74, 6) is -0.414. The first-order valence-electron chi connectivity index (χ1n) is 5.66. The molecule has 0 aliphatic carbocycles. The molecule has 0 saturated heterocycles. The van der Waals surface area contributed by atoms with Crippen molar-refractivity contribution in [3.8, 4) is 0 Å². The minimum atomic E-state index is -3.85. The van der Waals surface area contributed by atoms with Gasteiger partial charge < -0.3 is 4.74 Å². The smallest absolute Gasteiger partial charge is 0.339 e. The van der Waals surface area contributed by atoms with Crippen molar-refractivity contribution in [3.05, 3.63) is 28.2 Å². The first-order valence-corrected chi connectivity index (χ1v) is 8.00. The Balaban J connectivity index is 3.10. The second kappa shape index (κ2) is 6.02. The fourth-order valence-corrected chi connectivity index (χ4v) is 2.15. The molecule has 19 heavy (non-hydrogen) atoms. The third-order valence-corrected chi connectivity index (χ3v) is 4.32. The summed E-state index contributed by atoms with van der Waals surface area (Å²) in [5.41, 5.74) is 0.138. The summed E-state index contributed by atoms with van der Waals surface area (Å²) in [5, 5.41) is 5.03. The molecule has 0 fully saturated rings. The Morgan fingerprint density at radius 2 is 1.89 bits per heavy atom. The molecule has 1 atom stereocenters. The van der Waals surface area contributed by atoms with E-state index in [0.29, 0.717) is 4.47 Å². The summed E-state index contributed by atoms with van der Waals surface area (Å²) in [6.07, 6.45) is -0.266. The fraction of sp³-hybridized carbons (Fsp3) is 0.417. The largest absolute Gasteiger partial charge is 0.459 e. The van der Waals surface area contributed by atoms with Gasteiger partial charge in [-0.3, -0.25) is 0 Å². The zero-order valence-corrected chi connectivity index (χ0v) is 13.3. The number of ether oxygens (including phenoxy) is 1. The molecular formula is C12H16BrNO4S. The van der Waals surface area contributed by atoms with Crippen molar-refractivity contribution < 1.29 is 17.9 Å². The van der Waals surface area contributed by atoms with Crippen molar-refractivity contribution in [2.24, 2.45) is 11.1 Å². The summed E-state index contributed by atoms with van der Waals surface area (Å²) < 4.78 is 28.2. The zero-order valence-electron chi connectivity index (χ0n) is 10.9. The van der Waals surface area contributed by atoms with Gasteiger partial charge in [-0.15, -0.1) is 0 Å². The highest BCUT2D eigenvalue weighted by molar-refractivity contribution is 9.10. The number of rotatable bonds is 4. The van der Waals surface area contributed by atoms with Crippen molar-refractivity contribution in [2.75, 3.05) is 0 Å². The molecular weight excluding hydrogens is 334 g/mol. The Hall–Kier alpha value is -0.920. The molecule has 1 rings (SSSR count). The topological polar surface area (TPSA) is 86.5 Å². The third kappa shape index (κ3) is 4.29. The Bertz CT molecular complexity index is 583. The van der Waals surface area contributed by atoms with Crippen molar-refractivity contribution >= 4 is 31.9 Å². The Morgan fingerprint density at radius 1 is 1.32 bits per heavy atom. The summed E-state index contributed by atoms with van der Waals surface area (Å²) in [4.78, 5) is 11.8. The van der Waals surface area contributed by atoms with Gasteiger partial charge in [0.1, 0.15) is 6.10 Å². The number of benzene rings is 1. The van der Waals surface area contributed by atoms with E-state index < -0.39 is 16.0 Å². The van der Waals surface area contributed by atoms with Crippen LogP contribution in [0.15, 0.2) is 27.6 Å². The molecule has 1 aromatic rings. The van der Waals surface area contributed by atoms with Gasteiger partial charge >= 0.3 is 5.97 Å². The highest BCUT2D eigenvalue weighted by atomic mass is 79.9. The van der Waals surface area contributed by atoms with Gasteiger partial charge in [0, 0.05) is 4.47 Å². The molecule has 0 aromatic heterocycles. The number of carbonyl (C=O) groups excluding carboxylic acids is 1. The van der Waals surface area contributed by atoms with Gasteiger partial charge in [-0.05, 0) is 47.0 Å². The van der Waals surface area contributed by atoms with Crippen LogP contribution >= 0.6 is 15.9 Å². The molecule has 7 heteroatoms. The standard InChI is InChI=1S/C12H16BrNO4S/c1-7(2)8(3)18-12(15)10-6-9(19(14,16)17)4-5-11(10)13/h4-8H,1-3H3,(H2,14,16,17). The van der Waals surface area contributed by atoms with E-state index >= 15 is 0 Å². The number of carbonyl (C=O) groups is 1. The van der Waals surface area contributed by atoms with Crippen LogP contribution in [-0.4, -0.2) is 20.5 Å². The van der Waals surface area contributed by atoms with E-state index in [1.54, 1.807) is 6.92 Å². The maximum atomic E-state index is 12.0. The predicted molar refractivity (Wildman–Crippen MR) is 75.2 cm³/mol. The molecule has 0 spiro atoms. The molecule has 0 aliphatic rings. The van der Waals surface area contributed by atoms with E-state index in [2.05, 4.69) is 15.9 Å². The lowest BCUT2D eigenvalue weighted by molar-refractivity contribution is 0.0236. The lowest BCUT2D eigenvalue weighted by Crippen LogP contribution is -2.21. The van der Waals surface area contributed by atoms with Crippen LogP contribution in [0.5, 0.6) is 0 Å². The molecule has 5 nitrogen and oxygen atoms in total. The number of primary sulfonamides is 1. The van der Waals surface area contributed by atoms with E-state index in [1.807, 2.05) is 13.8 Å². The zero-order chi connectivity index (χ0) is 14.8. The fourth-order valence-electron chi connectivity index (χ4n) is 1.21. The molecule has 0 heterocycles. The quantitative estimate of drug-likeness (QED) is 0.844. The number of nitrogens with two attached hydrogens (primary N) is 1. The van der Waals surface area contributed by atoms with Crippen LogP contribution in [0, 0.1) is 5.92 Å². The monoisotopic (exact) mass is 349 g/mol. The molecule has 1 unspecified atom stereocenters. The predicted octanol–water partition coefficient (Wildman–Crippen LogP) is 2.30. The number of hydrogen-bond donors (Lipinski definition) is 1. The summed E-state index contributed by atoms with van der Waals surface area (Å²) in [7, 11) is -3.85. The lowest BCUT2D eigenvalue weighted by Gasteiger charge is -2.17. The van der Waals surface area contributed by atoms with Gasteiger partial charge in [-0.1, -0.05) is 13.8 Å². The normalized spacial score (nSPS) is 13.4. The van der Waals surface area contributed by atoms with E-state index in [-0.39, 0.29) is 22.5 Å². The van der Waals surface area contributed by atoms with Gasteiger partial charge in [-0.2, -0.15) is 0 Å². The van der Waals surface area contributed by atoms with Crippen LogP contribution in [0.1, 0.15) is 31.1 Å². The average Bonchev–Trinajstić information content (AvgIpc) is 2.27. The molecule has 0 aliphatic heterocycles. The Kier molecular flexibility index (Phi) is 5.11. The third-order valence-electron chi connectivity index (χ3n) is 2.72. The Morgan fingerprint density at radius 3 is 2.37 bits per heavy atom. The van der Waals surface area contributed by atoms with E-state index in [9.17, 15) is 13.2 Å². The van der Waals surface area contributed by atoms with Crippen LogP contribution in [0.4, 0.5) is 0 Å². The van der Waals surface area contributed by atoms with E-state index in [1.165, 1.54) is 18.2 Å². The van der Waals surface area contributed by atoms with Crippen molar-refractivity contribution in [3.63, 3.8) is 0 Å². The first kappa shape index (κ1) is 16.1.